The van der Waals surface area contributed by atoms with Crippen molar-refractivity contribution in [3.63, 3.8) is 0 Å². The second kappa shape index (κ2) is 5.33. The first-order valence-corrected chi connectivity index (χ1v) is 5.94. The Bertz CT molecular complexity index is 714. The molecule has 0 aliphatic heterocycles. The van der Waals surface area contributed by atoms with E-state index in [2.05, 4.69) is 5.18 Å². The summed E-state index contributed by atoms with van der Waals surface area (Å²) < 4.78 is 30.8. The van der Waals surface area contributed by atoms with Crippen LogP contribution in [-0.2, 0) is 10.1 Å². The number of benzene rings is 2. The summed E-state index contributed by atoms with van der Waals surface area (Å²) in [4.78, 5) is 10.2. The maximum atomic E-state index is 10.9. The fraction of sp³-hybridized carbons (Fsp3) is 0. The number of rotatable bonds is 2. The van der Waals surface area contributed by atoms with Gasteiger partial charge in [-0.15, -0.1) is 4.91 Å². The van der Waals surface area contributed by atoms with E-state index in [-0.39, 0.29) is 51.3 Å². The first kappa shape index (κ1) is 15.1. The van der Waals surface area contributed by atoms with Crippen LogP contribution in [0.25, 0.3) is 10.8 Å². The van der Waals surface area contributed by atoms with E-state index >= 15 is 0 Å². The average Bonchev–Trinajstić information content (AvgIpc) is 2.27. The fourth-order valence-electron chi connectivity index (χ4n) is 1.53. The van der Waals surface area contributed by atoms with E-state index in [0.29, 0.717) is 5.39 Å². The van der Waals surface area contributed by atoms with Gasteiger partial charge in [0.25, 0.3) is 10.1 Å². The molecule has 6 nitrogen and oxygen atoms in total. The number of phenols is 1. The summed E-state index contributed by atoms with van der Waals surface area (Å²) in [5.74, 6) is -0.347. The van der Waals surface area contributed by atoms with Crippen LogP contribution in [0.15, 0.2) is 40.4 Å². The Balaban J connectivity index is 0.00000162. The second-order valence-corrected chi connectivity index (χ2v) is 4.80. The van der Waals surface area contributed by atoms with Gasteiger partial charge in [0, 0.05) is 5.39 Å². The maximum absolute atomic E-state index is 10.9. The molecule has 0 unspecified atom stereocenters. The summed E-state index contributed by atoms with van der Waals surface area (Å²) in [5.41, 5.74) is -0.256. The molecule has 8 heteroatoms. The molecule has 0 bridgehead atoms. The van der Waals surface area contributed by atoms with Gasteiger partial charge >= 0.3 is 29.6 Å². The molecule has 0 amide bonds. The molecule has 0 aliphatic rings. The SMILES string of the molecule is O=Nc1c(O)ccc2ccc(S(=O)(=O)O)cc12.[NaH]. The van der Waals surface area contributed by atoms with Crippen LogP contribution < -0.4 is 0 Å². The number of aromatic hydroxyl groups is 1. The van der Waals surface area contributed by atoms with Crippen molar-refractivity contribution < 1.29 is 18.1 Å². The zero-order valence-corrected chi connectivity index (χ0v) is 9.18. The summed E-state index contributed by atoms with van der Waals surface area (Å²) in [6, 6.07) is 6.48. The molecule has 0 aromatic heterocycles. The van der Waals surface area contributed by atoms with Crippen LogP contribution in [0.5, 0.6) is 5.75 Å². The van der Waals surface area contributed by atoms with Crippen molar-refractivity contribution in [3.05, 3.63) is 35.2 Å². The van der Waals surface area contributed by atoms with Gasteiger partial charge in [0.05, 0.1) is 4.90 Å². The van der Waals surface area contributed by atoms with Crippen LogP contribution in [0, 0.1) is 4.91 Å². The zero-order valence-electron chi connectivity index (χ0n) is 8.36. The number of hydrogen-bond acceptors (Lipinski definition) is 5. The van der Waals surface area contributed by atoms with E-state index in [4.69, 9.17) is 4.55 Å². The summed E-state index contributed by atoms with van der Waals surface area (Å²) in [6.07, 6.45) is 0. The molecule has 90 valence electrons. The van der Waals surface area contributed by atoms with E-state index in [1.54, 1.807) is 0 Å². The number of nitroso groups, excluding NO2 is 1. The predicted molar refractivity (Wildman–Crippen MR) is 68.0 cm³/mol. The minimum atomic E-state index is -4.36. The molecule has 0 aliphatic carbocycles. The van der Waals surface area contributed by atoms with Crippen molar-refractivity contribution in [2.45, 2.75) is 4.90 Å². The first-order chi connectivity index (χ1) is 7.93. The van der Waals surface area contributed by atoms with E-state index < -0.39 is 10.1 Å². The molecule has 0 radical (unpaired) electrons. The van der Waals surface area contributed by atoms with Gasteiger partial charge in [0.15, 0.2) is 5.69 Å². The van der Waals surface area contributed by atoms with Crippen LogP contribution in [0.1, 0.15) is 0 Å². The Labute approximate surface area is 125 Å². The molecule has 18 heavy (non-hydrogen) atoms. The normalized spacial score (nSPS) is 10.9. The summed E-state index contributed by atoms with van der Waals surface area (Å²) in [5, 5.41) is 12.7. The molecule has 0 saturated carbocycles. The van der Waals surface area contributed by atoms with E-state index in [9.17, 15) is 18.4 Å². The predicted octanol–water partition coefficient (Wildman–Crippen LogP) is 1.54. The molecule has 2 aromatic rings. The van der Waals surface area contributed by atoms with Gasteiger partial charge in [-0.1, -0.05) is 12.1 Å². The van der Waals surface area contributed by atoms with Gasteiger partial charge in [-0.25, -0.2) is 0 Å². The molecular formula is C10H8NNaO5S. The third-order valence-corrected chi connectivity index (χ3v) is 3.18. The monoisotopic (exact) mass is 277 g/mol. The van der Waals surface area contributed by atoms with Crippen LogP contribution in [0.2, 0.25) is 0 Å². The second-order valence-electron chi connectivity index (χ2n) is 3.38. The fourth-order valence-corrected chi connectivity index (χ4v) is 2.03. The van der Waals surface area contributed by atoms with Crippen molar-refractivity contribution >= 4 is 56.1 Å². The molecular weight excluding hydrogens is 269 g/mol. The van der Waals surface area contributed by atoms with Crippen molar-refractivity contribution in [2.75, 3.05) is 0 Å². The van der Waals surface area contributed by atoms with Crippen molar-refractivity contribution in [3.8, 4) is 5.75 Å². The van der Waals surface area contributed by atoms with Crippen LogP contribution in [0.4, 0.5) is 5.69 Å². The average molecular weight is 277 g/mol. The number of fused-ring (bicyclic) bond motifs is 1. The van der Waals surface area contributed by atoms with Gasteiger partial charge in [-0.2, -0.15) is 8.42 Å². The number of phenolic OH excluding ortho intramolecular Hbond substituents is 1. The topological polar surface area (TPSA) is 104 Å². The van der Waals surface area contributed by atoms with Gasteiger partial charge in [0.2, 0.25) is 0 Å². The Morgan fingerprint density at radius 2 is 1.72 bits per heavy atom. The quantitative estimate of drug-likeness (QED) is 0.492. The van der Waals surface area contributed by atoms with Gasteiger partial charge in [-0.3, -0.25) is 4.55 Å². The molecule has 2 N–H and O–H groups in total. The number of hydrogen-bond donors (Lipinski definition) is 2. The van der Waals surface area contributed by atoms with Crippen molar-refractivity contribution in [1.29, 1.82) is 0 Å². The Kier molecular flexibility index (Phi) is 4.46. The number of nitrogens with zero attached hydrogens (tertiary/aromatic N) is 1. The minimum absolute atomic E-state index is 0. The van der Waals surface area contributed by atoms with E-state index in [0.717, 1.165) is 6.07 Å². The molecule has 0 atom stereocenters. The third-order valence-electron chi connectivity index (χ3n) is 2.33. The standard InChI is InChI=1S/C10H7NO5S.Na.H/c12-9-4-2-6-1-3-7(17(14,15)16)5-8(6)10(9)11-13;;/h1-5,12H,(H,14,15,16);;. The van der Waals surface area contributed by atoms with E-state index in [1.165, 1.54) is 24.3 Å². The van der Waals surface area contributed by atoms with E-state index in [1.807, 2.05) is 0 Å². The Morgan fingerprint density at radius 3 is 2.28 bits per heavy atom. The Morgan fingerprint density at radius 1 is 1.11 bits per heavy atom. The molecule has 2 aromatic carbocycles. The summed E-state index contributed by atoms with van der Waals surface area (Å²) in [6.45, 7) is 0. The Hall–Kier alpha value is -0.990. The molecule has 0 fully saturated rings. The summed E-state index contributed by atoms with van der Waals surface area (Å²) >= 11 is 0. The first-order valence-electron chi connectivity index (χ1n) is 4.50. The molecule has 0 heterocycles. The van der Waals surface area contributed by atoms with Gasteiger partial charge < -0.3 is 5.11 Å². The van der Waals surface area contributed by atoms with Gasteiger partial charge in [0.1, 0.15) is 5.75 Å². The van der Waals surface area contributed by atoms with Crippen molar-refractivity contribution in [2.24, 2.45) is 5.18 Å². The van der Waals surface area contributed by atoms with Crippen LogP contribution in [-0.4, -0.2) is 47.6 Å². The molecule has 2 rings (SSSR count). The van der Waals surface area contributed by atoms with Crippen molar-refractivity contribution in [1.82, 2.24) is 0 Å². The third kappa shape index (κ3) is 2.70. The van der Waals surface area contributed by atoms with Crippen LogP contribution in [0.3, 0.4) is 0 Å². The summed E-state index contributed by atoms with van der Waals surface area (Å²) in [7, 11) is -4.36. The molecule has 0 spiro atoms. The zero-order chi connectivity index (χ0) is 12.6. The van der Waals surface area contributed by atoms with Crippen LogP contribution >= 0.6 is 0 Å². The molecule has 0 saturated heterocycles. The van der Waals surface area contributed by atoms with Gasteiger partial charge in [-0.05, 0) is 28.8 Å².